The third-order valence-corrected chi connectivity index (χ3v) is 1.88. The first kappa shape index (κ1) is 8.78. The van der Waals surface area contributed by atoms with Crippen molar-refractivity contribution in [2.75, 3.05) is 0 Å². The van der Waals surface area contributed by atoms with Crippen LogP contribution in [0.5, 0.6) is 0 Å². The molecule has 1 rings (SSSR count). The molecule has 2 N–H and O–H groups in total. The summed E-state index contributed by atoms with van der Waals surface area (Å²) in [6.07, 6.45) is 0.875. The molecule has 0 aliphatic rings. The minimum absolute atomic E-state index is 0.875. The second-order valence-electron chi connectivity index (χ2n) is 2.80. The van der Waals surface area contributed by atoms with E-state index in [1.807, 2.05) is 19.1 Å². The number of rotatable bonds is 2. The van der Waals surface area contributed by atoms with E-state index in [2.05, 4.69) is 24.2 Å². The van der Waals surface area contributed by atoms with E-state index in [0.717, 1.165) is 17.7 Å². The Morgan fingerprint density at radius 2 is 1.92 bits per heavy atom. The van der Waals surface area contributed by atoms with Crippen LogP contribution in [0.15, 0.2) is 29.4 Å². The van der Waals surface area contributed by atoms with Gasteiger partial charge in [0.15, 0.2) is 0 Å². The van der Waals surface area contributed by atoms with Gasteiger partial charge in [-0.15, -0.1) is 0 Å². The number of nitrogens with zero attached hydrogens (tertiary/aromatic N) is 1. The average Bonchev–Trinajstić information content (AvgIpc) is 2.10. The standard InChI is InChI=1S/C10H14N2/c1-3-10(12-11)9-6-4-8(2)5-7-9/h4-7H,3,11H2,1-2H3. The summed E-state index contributed by atoms with van der Waals surface area (Å²) >= 11 is 0. The predicted octanol–water partition coefficient (Wildman–Crippen LogP) is 2.07. The predicted molar refractivity (Wildman–Crippen MR) is 52.2 cm³/mol. The van der Waals surface area contributed by atoms with E-state index in [9.17, 15) is 0 Å². The molecule has 0 saturated carbocycles. The van der Waals surface area contributed by atoms with Gasteiger partial charge >= 0.3 is 0 Å². The molecule has 12 heavy (non-hydrogen) atoms. The molecule has 1 aromatic rings. The maximum absolute atomic E-state index is 5.24. The van der Waals surface area contributed by atoms with E-state index >= 15 is 0 Å². The van der Waals surface area contributed by atoms with Crippen molar-refractivity contribution in [2.45, 2.75) is 20.3 Å². The molecular formula is C10H14N2. The van der Waals surface area contributed by atoms with Gasteiger partial charge in [0.25, 0.3) is 0 Å². The van der Waals surface area contributed by atoms with E-state index in [0.29, 0.717) is 0 Å². The smallest absolute Gasteiger partial charge is 0.0669 e. The molecule has 0 atom stereocenters. The van der Waals surface area contributed by atoms with Crippen molar-refractivity contribution in [1.82, 2.24) is 0 Å². The summed E-state index contributed by atoms with van der Waals surface area (Å²) in [5, 5.41) is 3.72. The maximum atomic E-state index is 5.24. The Hall–Kier alpha value is -1.31. The summed E-state index contributed by atoms with van der Waals surface area (Å²) in [5.74, 6) is 5.24. The number of benzene rings is 1. The highest BCUT2D eigenvalue weighted by molar-refractivity contribution is 6.00. The van der Waals surface area contributed by atoms with Crippen LogP contribution in [-0.4, -0.2) is 5.71 Å². The molecule has 2 heteroatoms. The zero-order chi connectivity index (χ0) is 8.97. The van der Waals surface area contributed by atoms with Crippen LogP contribution in [0.25, 0.3) is 0 Å². The molecule has 0 aromatic heterocycles. The molecule has 64 valence electrons. The fraction of sp³-hybridized carbons (Fsp3) is 0.300. The quantitative estimate of drug-likeness (QED) is 0.403. The van der Waals surface area contributed by atoms with Crippen molar-refractivity contribution < 1.29 is 0 Å². The molecule has 0 unspecified atom stereocenters. The van der Waals surface area contributed by atoms with Crippen LogP contribution in [0.2, 0.25) is 0 Å². The van der Waals surface area contributed by atoms with Gasteiger partial charge in [-0.05, 0) is 18.9 Å². The van der Waals surface area contributed by atoms with Crippen LogP contribution in [0.3, 0.4) is 0 Å². The molecule has 1 aromatic carbocycles. The summed E-state index contributed by atoms with van der Waals surface area (Å²) in [5.41, 5.74) is 3.33. The molecule has 0 radical (unpaired) electrons. The molecule has 0 bridgehead atoms. The maximum Gasteiger partial charge on any atom is 0.0669 e. The van der Waals surface area contributed by atoms with Crippen molar-refractivity contribution in [3.8, 4) is 0 Å². The van der Waals surface area contributed by atoms with Crippen molar-refractivity contribution in [2.24, 2.45) is 10.9 Å². The summed E-state index contributed by atoms with van der Waals surface area (Å²) in [6.45, 7) is 4.11. The van der Waals surface area contributed by atoms with Crippen LogP contribution in [0, 0.1) is 6.92 Å². The van der Waals surface area contributed by atoms with Crippen LogP contribution in [-0.2, 0) is 0 Å². The van der Waals surface area contributed by atoms with Crippen molar-refractivity contribution in [3.05, 3.63) is 35.4 Å². The second kappa shape index (κ2) is 3.90. The molecule has 2 nitrogen and oxygen atoms in total. The minimum atomic E-state index is 0.875. The van der Waals surface area contributed by atoms with Gasteiger partial charge in [-0.2, -0.15) is 5.10 Å². The summed E-state index contributed by atoms with van der Waals surface area (Å²) < 4.78 is 0. The zero-order valence-corrected chi connectivity index (χ0v) is 7.54. The molecule has 0 spiro atoms. The lowest BCUT2D eigenvalue weighted by atomic mass is 10.1. The highest BCUT2D eigenvalue weighted by Gasteiger charge is 1.98. The van der Waals surface area contributed by atoms with Gasteiger partial charge in [-0.1, -0.05) is 36.8 Å². The van der Waals surface area contributed by atoms with Crippen LogP contribution < -0.4 is 5.84 Å². The fourth-order valence-electron chi connectivity index (χ4n) is 1.12. The Balaban J connectivity index is 2.96. The van der Waals surface area contributed by atoms with Gasteiger partial charge in [-0.25, -0.2) is 0 Å². The van der Waals surface area contributed by atoms with Crippen molar-refractivity contribution in [3.63, 3.8) is 0 Å². The van der Waals surface area contributed by atoms with Gasteiger partial charge in [-0.3, -0.25) is 0 Å². The van der Waals surface area contributed by atoms with Gasteiger partial charge < -0.3 is 5.84 Å². The second-order valence-corrected chi connectivity index (χ2v) is 2.80. The Bertz CT molecular complexity index is 272. The molecule has 0 heterocycles. The SMILES string of the molecule is CCC(=NN)c1ccc(C)cc1. The van der Waals surface area contributed by atoms with E-state index in [1.54, 1.807) is 0 Å². The molecule has 0 aliphatic carbocycles. The molecular weight excluding hydrogens is 148 g/mol. The van der Waals surface area contributed by atoms with Gasteiger partial charge in [0.05, 0.1) is 5.71 Å². The first-order valence-corrected chi connectivity index (χ1v) is 4.11. The van der Waals surface area contributed by atoms with Gasteiger partial charge in [0, 0.05) is 0 Å². The summed E-state index contributed by atoms with van der Waals surface area (Å²) in [6, 6.07) is 8.22. The number of nitrogens with two attached hydrogens (primary N) is 1. The first-order chi connectivity index (χ1) is 5.77. The number of aryl methyl sites for hydroxylation is 1. The third kappa shape index (κ3) is 1.84. The van der Waals surface area contributed by atoms with Crippen molar-refractivity contribution >= 4 is 5.71 Å². The minimum Gasteiger partial charge on any atom is -0.323 e. The molecule has 0 fully saturated rings. The van der Waals surface area contributed by atoms with Crippen LogP contribution >= 0.6 is 0 Å². The molecule has 0 amide bonds. The number of hydrazone groups is 1. The van der Waals surface area contributed by atoms with Crippen molar-refractivity contribution in [1.29, 1.82) is 0 Å². The number of hydrogen-bond acceptors (Lipinski definition) is 2. The third-order valence-electron chi connectivity index (χ3n) is 1.88. The average molecular weight is 162 g/mol. The zero-order valence-electron chi connectivity index (χ0n) is 7.54. The highest BCUT2D eigenvalue weighted by Crippen LogP contribution is 2.06. The lowest BCUT2D eigenvalue weighted by molar-refractivity contribution is 1.17. The normalized spacial score (nSPS) is 11.7. The molecule has 0 saturated heterocycles. The van der Waals surface area contributed by atoms with E-state index in [4.69, 9.17) is 5.84 Å². The van der Waals surface area contributed by atoms with E-state index in [-0.39, 0.29) is 0 Å². The van der Waals surface area contributed by atoms with Crippen LogP contribution in [0.4, 0.5) is 0 Å². The lowest BCUT2D eigenvalue weighted by Crippen LogP contribution is -2.02. The monoisotopic (exact) mass is 162 g/mol. The van der Waals surface area contributed by atoms with Gasteiger partial charge in [0.1, 0.15) is 0 Å². The Morgan fingerprint density at radius 1 is 1.33 bits per heavy atom. The summed E-state index contributed by atoms with van der Waals surface area (Å²) in [4.78, 5) is 0. The largest absolute Gasteiger partial charge is 0.323 e. The Morgan fingerprint density at radius 3 is 2.33 bits per heavy atom. The lowest BCUT2D eigenvalue weighted by Gasteiger charge is -2.01. The van der Waals surface area contributed by atoms with E-state index in [1.165, 1.54) is 5.56 Å². The fourth-order valence-corrected chi connectivity index (χ4v) is 1.12. The Kier molecular flexibility index (Phi) is 2.86. The van der Waals surface area contributed by atoms with Gasteiger partial charge in [0.2, 0.25) is 0 Å². The summed E-state index contributed by atoms with van der Waals surface area (Å²) in [7, 11) is 0. The van der Waals surface area contributed by atoms with Crippen LogP contribution in [0.1, 0.15) is 24.5 Å². The number of hydrogen-bond donors (Lipinski definition) is 1. The van der Waals surface area contributed by atoms with E-state index < -0.39 is 0 Å². The first-order valence-electron chi connectivity index (χ1n) is 4.11. The highest BCUT2D eigenvalue weighted by atomic mass is 15.1. The Labute approximate surface area is 73.1 Å². The molecule has 0 aliphatic heterocycles. The topological polar surface area (TPSA) is 38.4 Å².